The Morgan fingerprint density at radius 2 is 1.72 bits per heavy atom. The van der Waals surface area contributed by atoms with Crippen molar-refractivity contribution in [3.8, 4) is 23.0 Å². The summed E-state index contributed by atoms with van der Waals surface area (Å²) in [4.78, 5) is 29.8. The number of aliphatic hydroxyl groups is 2. The van der Waals surface area contributed by atoms with Crippen LogP contribution in [0.1, 0.15) is 55.7 Å². The summed E-state index contributed by atoms with van der Waals surface area (Å²) < 4.78 is 23.7. The smallest absolute Gasteiger partial charge is 0.231 e. The minimum absolute atomic E-state index is 0.132. The summed E-state index contributed by atoms with van der Waals surface area (Å²) in [6.45, 7) is 4.19. The number of fused-ring (bicyclic) bond motifs is 4. The molecule has 3 aromatic rings. The van der Waals surface area contributed by atoms with Crippen molar-refractivity contribution in [2.24, 2.45) is 11.8 Å². The lowest BCUT2D eigenvalue weighted by Crippen LogP contribution is -2.56. The molecule has 46 heavy (non-hydrogen) atoms. The molecule has 10 heteroatoms. The van der Waals surface area contributed by atoms with Crippen molar-refractivity contribution in [1.82, 2.24) is 10.2 Å². The zero-order valence-electron chi connectivity index (χ0n) is 26.9. The van der Waals surface area contributed by atoms with Gasteiger partial charge in [0.15, 0.2) is 5.60 Å². The van der Waals surface area contributed by atoms with Crippen LogP contribution in [0.25, 0.3) is 0 Å². The van der Waals surface area contributed by atoms with Crippen LogP contribution in [0.3, 0.4) is 0 Å². The van der Waals surface area contributed by atoms with E-state index >= 15 is 4.79 Å². The van der Waals surface area contributed by atoms with E-state index in [0.29, 0.717) is 48.4 Å². The Bertz CT molecular complexity index is 1600. The summed E-state index contributed by atoms with van der Waals surface area (Å²) in [6.07, 6.45) is -0.244. The van der Waals surface area contributed by atoms with Gasteiger partial charge < -0.3 is 39.4 Å². The van der Waals surface area contributed by atoms with Gasteiger partial charge in [-0.15, -0.1) is 0 Å². The first-order valence-electron chi connectivity index (χ1n) is 15.8. The van der Waals surface area contributed by atoms with Crippen LogP contribution in [0, 0.1) is 11.8 Å². The molecule has 3 aliphatic rings. The van der Waals surface area contributed by atoms with E-state index < -0.39 is 41.2 Å². The highest BCUT2D eigenvalue weighted by molar-refractivity contribution is 5.86. The third-order valence-corrected chi connectivity index (χ3v) is 10.1. The van der Waals surface area contributed by atoms with Gasteiger partial charge in [0, 0.05) is 30.5 Å². The predicted molar refractivity (Wildman–Crippen MR) is 170 cm³/mol. The number of ether oxygens (including phenoxy) is 4. The predicted octanol–water partition coefficient (Wildman–Crippen LogP) is 4.07. The van der Waals surface area contributed by atoms with Crippen molar-refractivity contribution in [1.29, 1.82) is 0 Å². The zero-order chi connectivity index (χ0) is 32.8. The van der Waals surface area contributed by atoms with Gasteiger partial charge in [0.25, 0.3) is 0 Å². The number of methoxy groups -OCH3 is 3. The van der Waals surface area contributed by atoms with Gasteiger partial charge >= 0.3 is 0 Å². The van der Waals surface area contributed by atoms with Gasteiger partial charge in [-0.25, -0.2) is 0 Å². The van der Waals surface area contributed by atoms with Crippen LogP contribution >= 0.6 is 0 Å². The maximum Gasteiger partial charge on any atom is 0.231 e. The van der Waals surface area contributed by atoms with Crippen molar-refractivity contribution < 1.29 is 38.7 Å². The summed E-state index contributed by atoms with van der Waals surface area (Å²) in [6, 6.07) is 19.7. The second-order valence-corrected chi connectivity index (χ2v) is 12.4. The van der Waals surface area contributed by atoms with Gasteiger partial charge in [-0.3, -0.25) is 9.59 Å². The van der Waals surface area contributed by atoms with E-state index in [-0.39, 0.29) is 28.9 Å². The Morgan fingerprint density at radius 1 is 1.02 bits per heavy atom. The molecule has 1 saturated carbocycles. The fraction of sp³-hybridized carbons (Fsp3) is 0.444. The molecule has 7 atom stereocenters. The summed E-state index contributed by atoms with van der Waals surface area (Å²) in [5.74, 6) is -1.38. The maximum atomic E-state index is 15.1. The Hall–Kier alpha value is -4.28. The number of rotatable bonds is 9. The highest BCUT2D eigenvalue weighted by Gasteiger charge is 2.76. The van der Waals surface area contributed by atoms with E-state index in [1.54, 1.807) is 48.4 Å². The molecule has 3 aromatic carbocycles. The molecular formula is C36H42N2O8. The van der Waals surface area contributed by atoms with E-state index in [2.05, 4.69) is 5.32 Å². The van der Waals surface area contributed by atoms with Crippen LogP contribution in [0.15, 0.2) is 66.7 Å². The Labute approximate surface area is 269 Å². The van der Waals surface area contributed by atoms with Crippen LogP contribution in [0.5, 0.6) is 23.0 Å². The standard InChI is InChI=1S/C36H42N2O8/c1-6-21(2)32(39)37-28-13-10-18-38(28)33(40)31-29(22-11-8-7-9-12-22)36(23-14-16-24(43-3)17-15-23)34(41)35(31,42)30-26(45-5)19-25(44-4)20-27(30)46-36/h7-9,11-12,14-17,19-21,28-29,31,34,41-42H,6,10,13,18H2,1-5H3,(H,37,39)/t21-,28-,29-,31+,34-,35-,36-/m0/s1. The number of likely N-dealkylation sites (tertiary alicyclic amines) is 1. The molecule has 0 unspecified atom stereocenters. The molecule has 3 N–H and O–H groups in total. The van der Waals surface area contributed by atoms with Gasteiger partial charge in [-0.1, -0.05) is 56.3 Å². The summed E-state index contributed by atoms with van der Waals surface area (Å²) in [7, 11) is 4.54. The first-order valence-corrected chi connectivity index (χ1v) is 15.8. The fourth-order valence-corrected chi connectivity index (χ4v) is 7.61. The number of amides is 2. The molecular weight excluding hydrogens is 588 g/mol. The van der Waals surface area contributed by atoms with E-state index in [9.17, 15) is 15.0 Å². The lowest BCUT2D eigenvalue weighted by Gasteiger charge is -2.45. The van der Waals surface area contributed by atoms with E-state index in [0.717, 1.165) is 0 Å². The number of hydrogen-bond donors (Lipinski definition) is 3. The lowest BCUT2D eigenvalue weighted by atomic mass is 9.75. The summed E-state index contributed by atoms with van der Waals surface area (Å²) in [5.41, 5.74) is -2.37. The number of carbonyl (C=O) groups is 2. The second-order valence-electron chi connectivity index (χ2n) is 12.4. The number of nitrogens with zero attached hydrogens (tertiary/aromatic N) is 1. The number of aliphatic hydroxyl groups excluding tert-OH is 1. The fourth-order valence-electron chi connectivity index (χ4n) is 7.61. The van der Waals surface area contributed by atoms with Crippen LogP contribution in [-0.2, 0) is 20.8 Å². The lowest BCUT2D eigenvalue weighted by molar-refractivity contribution is -0.167. The Kier molecular flexibility index (Phi) is 8.37. The molecule has 244 valence electrons. The SMILES string of the molecule is CC[C@H](C)C(=O)N[C@@H]1CCCN1C(=O)[C@H]1[C@H](c2ccccc2)[C@]2(c3ccc(OC)cc3)Oc3cc(OC)cc(OC)c3[C@@]1(O)[C@@H]2O. The van der Waals surface area contributed by atoms with E-state index in [1.807, 2.05) is 44.2 Å². The van der Waals surface area contributed by atoms with E-state index in [1.165, 1.54) is 14.2 Å². The molecule has 0 radical (unpaired) electrons. The van der Waals surface area contributed by atoms with Gasteiger partial charge in [0.05, 0.1) is 32.8 Å². The highest BCUT2D eigenvalue weighted by Crippen LogP contribution is 2.68. The molecule has 2 bridgehead atoms. The number of hydrogen-bond acceptors (Lipinski definition) is 8. The maximum absolute atomic E-state index is 15.1. The quantitative estimate of drug-likeness (QED) is 0.323. The molecule has 2 heterocycles. The minimum atomic E-state index is -2.17. The first-order chi connectivity index (χ1) is 22.1. The third-order valence-electron chi connectivity index (χ3n) is 10.1. The molecule has 10 nitrogen and oxygen atoms in total. The van der Waals surface area contributed by atoms with Crippen LogP contribution < -0.4 is 24.3 Å². The summed E-state index contributed by atoms with van der Waals surface area (Å²) in [5, 5.41) is 28.8. The number of carbonyl (C=O) groups excluding carboxylic acids is 2. The monoisotopic (exact) mass is 630 g/mol. The number of benzene rings is 3. The Balaban J connectivity index is 1.60. The minimum Gasteiger partial charge on any atom is -0.497 e. The van der Waals surface area contributed by atoms with Crippen LogP contribution in [0.4, 0.5) is 0 Å². The molecule has 1 saturated heterocycles. The van der Waals surface area contributed by atoms with Crippen LogP contribution in [-0.4, -0.2) is 67.1 Å². The average molecular weight is 631 g/mol. The first kappa shape index (κ1) is 31.7. The molecule has 2 amide bonds. The summed E-state index contributed by atoms with van der Waals surface area (Å²) >= 11 is 0. The Morgan fingerprint density at radius 3 is 2.35 bits per heavy atom. The number of nitrogens with one attached hydrogen (secondary N) is 1. The van der Waals surface area contributed by atoms with Gasteiger partial charge in [0.1, 0.15) is 40.9 Å². The van der Waals surface area contributed by atoms with Gasteiger partial charge in [-0.05, 0) is 42.5 Å². The molecule has 6 rings (SSSR count). The van der Waals surface area contributed by atoms with E-state index in [4.69, 9.17) is 18.9 Å². The topological polar surface area (TPSA) is 127 Å². The normalized spacial score (nSPS) is 28.5. The molecule has 2 fully saturated rings. The van der Waals surface area contributed by atoms with Crippen molar-refractivity contribution in [2.45, 2.75) is 62.5 Å². The zero-order valence-corrected chi connectivity index (χ0v) is 26.9. The largest absolute Gasteiger partial charge is 0.497 e. The van der Waals surface area contributed by atoms with Crippen LogP contribution in [0.2, 0.25) is 0 Å². The average Bonchev–Trinajstić information content (AvgIpc) is 3.59. The third kappa shape index (κ3) is 4.69. The van der Waals surface area contributed by atoms with Crippen molar-refractivity contribution in [3.05, 3.63) is 83.4 Å². The van der Waals surface area contributed by atoms with Gasteiger partial charge in [-0.2, -0.15) is 0 Å². The van der Waals surface area contributed by atoms with Crippen molar-refractivity contribution in [2.75, 3.05) is 27.9 Å². The second kappa shape index (κ2) is 12.1. The van der Waals surface area contributed by atoms with Gasteiger partial charge in [0.2, 0.25) is 11.8 Å². The molecule has 0 spiro atoms. The highest BCUT2D eigenvalue weighted by atomic mass is 16.5. The molecule has 1 aliphatic carbocycles. The van der Waals surface area contributed by atoms with Crippen molar-refractivity contribution >= 4 is 11.8 Å². The van der Waals surface area contributed by atoms with Crippen molar-refractivity contribution in [3.63, 3.8) is 0 Å². The molecule has 2 aliphatic heterocycles. The molecule has 0 aromatic heterocycles.